The molecule has 1 amide bonds. The van der Waals surface area contributed by atoms with Crippen LogP contribution >= 0.6 is 27.5 Å². The number of nitrogens with zero attached hydrogens (tertiary/aromatic N) is 2. The average Bonchev–Trinajstić information content (AvgIpc) is 2.68. The van der Waals surface area contributed by atoms with E-state index in [1.807, 2.05) is 0 Å². The van der Waals surface area contributed by atoms with Crippen LogP contribution < -0.4 is 5.32 Å². The molecule has 0 aliphatic rings. The summed E-state index contributed by atoms with van der Waals surface area (Å²) in [7, 11) is 1.79. The van der Waals surface area contributed by atoms with Gasteiger partial charge >= 0.3 is 0 Å². The maximum absolute atomic E-state index is 11.9. The zero-order valence-electron chi connectivity index (χ0n) is 8.95. The molecule has 6 heteroatoms. The molecular formula is C11H9BrClN3O. The van der Waals surface area contributed by atoms with Crippen molar-refractivity contribution in [1.29, 1.82) is 0 Å². The van der Waals surface area contributed by atoms with Crippen molar-refractivity contribution in [2.24, 2.45) is 7.05 Å². The summed E-state index contributed by atoms with van der Waals surface area (Å²) in [5.41, 5.74) is 1.19. The number of anilines is 1. The summed E-state index contributed by atoms with van der Waals surface area (Å²) in [5, 5.41) is 7.28. The van der Waals surface area contributed by atoms with Crippen molar-refractivity contribution in [2.75, 3.05) is 5.32 Å². The summed E-state index contributed by atoms with van der Waals surface area (Å²) < 4.78 is 2.31. The smallest absolute Gasteiger partial charge is 0.255 e. The van der Waals surface area contributed by atoms with Crippen LogP contribution in [0.1, 0.15) is 10.4 Å². The van der Waals surface area contributed by atoms with Crippen molar-refractivity contribution in [2.45, 2.75) is 0 Å². The van der Waals surface area contributed by atoms with Crippen molar-refractivity contribution in [3.05, 3.63) is 45.7 Å². The summed E-state index contributed by atoms with van der Waals surface area (Å²) in [6.45, 7) is 0. The standard InChI is InChI=1S/C11H9BrClN3O/c1-16-6-8(5-14-16)15-11(17)7-2-3-10(13)9(12)4-7/h2-6H,1H3,(H,15,17). The Morgan fingerprint density at radius 2 is 2.29 bits per heavy atom. The van der Waals surface area contributed by atoms with Gasteiger partial charge in [0.25, 0.3) is 5.91 Å². The first-order valence-electron chi connectivity index (χ1n) is 4.81. The second kappa shape index (κ2) is 4.89. The minimum Gasteiger partial charge on any atom is -0.319 e. The van der Waals surface area contributed by atoms with Gasteiger partial charge in [0.05, 0.1) is 16.9 Å². The van der Waals surface area contributed by atoms with Gasteiger partial charge in [-0.2, -0.15) is 5.10 Å². The number of rotatable bonds is 2. The number of carbonyl (C=O) groups is 1. The predicted octanol–water partition coefficient (Wildman–Crippen LogP) is 3.09. The molecule has 1 N–H and O–H groups in total. The number of hydrogen-bond donors (Lipinski definition) is 1. The molecule has 0 spiro atoms. The molecule has 0 bridgehead atoms. The van der Waals surface area contributed by atoms with Crippen LogP contribution in [-0.2, 0) is 7.05 Å². The molecule has 2 rings (SSSR count). The first-order valence-corrected chi connectivity index (χ1v) is 5.98. The van der Waals surface area contributed by atoms with Gasteiger partial charge in [0.1, 0.15) is 0 Å². The van der Waals surface area contributed by atoms with Gasteiger partial charge in [-0.05, 0) is 34.1 Å². The molecule has 1 aromatic heterocycles. The molecule has 88 valence electrons. The molecule has 2 aromatic rings. The van der Waals surface area contributed by atoms with Gasteiger partial charge < -0.3 is 5.32 Å². The lowest BCUT2D eigenvalue weighted by Gasteiger charge is -2.03. The molecule has 0 aliphatic heterocycles. The van der Waals surface area contributed by atoms with E-state index in [1.54, 1.807) is 42.3 Å². The molecule has 1 aromatic carbocycles. The Morgan fingerprint density at radius 1 is 1.53 bits per heavy atom. The topological polar surface area (TPSA) is 46.9 Å². The van der Waals surface area contributed by atoms with Crippen LogP contribution in [0.2, 0.25) is 5.02 Å². The minimum absolute atomic E-state index is 0.199. The summed E-state index contributed by atoms with van der Waals surface area (Å²) in [4.78, 5) is 11.9. The average molecular weight is 315 g/mol. The fourth-order valence-electron chi connectivity index (χ4n) is 1.33. The Kier molecular flexibility index (Phi) is 3.49. The van der Waals surface area contributed by atoms with E-state index in [-0.39, 0.29) is 5.91 Å². The van der Waals surface area contributed by atoms with E-state index in [1.165, 1.54) is 0 Å². The van der Waals surface area contributed by atoms with Gasteiger partial charge in [0.15, 0.2) is 0 Å². The van der Waals surface area contributed by atoms with Crippen LogP contribution in [0.3, 0.4) is 0 Å². The van der Waals surface area contributed by atoms with Crippen molar-refractivity contribution in [3.63, 3.8) is 0 Å². The number of nitrogens with one attached hydrogen (secondary N) is 1. The summed E-state index contributed by atoms with van der Waals surface area (Å²) in [6, 6.07) is 5.01. The summed E-state index contributed by atoms with van der Waals surface area (Å²) in [6.07, 6.45) is 3.31. The number of aryl methyl sites for hydroxylation is 1. The minimum atomic E-state index is -0.199. The van der Waals surface area contributed by atoms with Crippen LogP contribution in [0.15, 0.2) is 35.1 Å². The Labute approximate surface area is 112 Å². The van der Waals surface area contributed by atoms with E-state index >= 15 is 0 Å². The third kappa shape index (κ3) is 2.87. The zero-order chi connectivity index (χ0) is 12.4. The lowest BCUT2D eigenvalue weighted by atomic mass is 10.2. The molecule has 0 saturated carbocycles. The lowest BCUT2D eigenvalue weighted by molar-refractivity contribution is 0.102. The van der Waals surface area contributed by atoms with Gasteiger partial charge in [-0.25, -0.2) is 0 Å². The van der Waals surface area contributed by atoms with E-state index in [0.717, 1.165) is 0 Å². The Bertz CT molecular complexity index is 568. The van der Waals surface area contributed by atoms with Crippen molar-refractivity contribution in [1.82, 2.24) is 9.78 Å². The largest absolute Gasteiger partial charge is 0.319 e. The zero-order valence-corrected chi connectivity index (χ0v) is 11.3. The number of carbonyl (C=O) groups excluding carboxylic acids is 1. The van der Waals surface area contributed by atoms with Crippen LogP contribution in [0.25, 0.3) is 0 Å². The number of amides is 1. The Balaban J connectivity index is 2.17. The molecular weight excluding hydrogens is 305 g/mol. The molecule has 1 heterocycles. The Morgan fingerprint density at radius 3 is 2.88 bits per heavy atom. The molecule has 0 aliphatic carbocycles. The number of benzene rings is 1. The quantitative estimate of drug-likeness (QED) is 0.926. The molecule has 17 heavy (non-hydrogen) atoms. The Hall–Kier alpha value is -1.33. The second-order valence-electron chi connectivity index (χ2n) is 3.49. The fourth-order valence-corrected chi connectivity index (χ4v) is 1.82. The number of hydrogen-bond acceptors (Lipinski definition) is 2. The first-order chi connectivity index (χ1) is 8.06. The van der Waals surface area contributed by atoms with Gasteiger partial charge in [0.2, 0.25) is 0 Å². The summed E-state index contributed by atoms with van der Waals surface area (Å²) >= 11 is 9.13. The van der Waals surface area contributed by atoms with E-state index in [4.69, 9.17) is 11.6 Å². The third-order valence-corrected chi connectivity index (χ3v) is 3.36. The van der Waals surface area contributed by atoms with Gasteiger partial charge in [-0.1, -0.05) is 11.6 Å². The highest BCUT2D eigenvalue weighted by Gasteiger charge is 2.08. The van der Waals surface area contributed by atoms with E-state index in [0.29, 0.717) is 20.7 Å². The molecule has 0 radical (unpaired) electrons. The number of halogens is 2. The fraction of sp³-hybridized carbons (Fsp3) is 0.0909. The number of aromatic nitrogens is 2. The van der Waals surface area contributed by atoms with Crippen molar-refractivity contribution < 1.29 is 4.79 Å². The first kappa shape index (κ1) is 12.1. The van der Waals surface area contributed by atoms with E-state index in [2.05, 4.69) is 26.3 Å². The van der Waals surface area contributed by atoms with Crippen molar-refractivity contribution in [3.8, 4) is 0 Å². The monoisotopic (exact) mass is 313 g/mol. The van der Waals surface area contributed by atoms with E-state index in [9.17, 15) is 4.79 Å². The van der Waals surface area contributed by atoms with Gasteiger partial charge in [0, 0.05) is 23.3 Å². The third-order valence-electron chi connectivity index (χ3n) is 2.14. The molecule has 0 unspecified atom stereocenters. The highest BCUT2D eigenvalue weighted by molar-refractivity contribution is 9.10. The molecule has 0 atom stereocenters. The molecule has 0 fully saturated rings. The van der Waals surface area contributed by atoms with Crippen LogP contribution in [0.4, 0.5) is 5.69 Å². The SMILES string of the molecule is Cn1cc(NC(=O)c2ccc(Cl)c(Br)c2)cn1. The van der Waals surface area contributed by atoms with Crippen LogP contribution in [-0.4, -0.2) is 15.7 Å². The van der Waals surface area contributed by atoms with Crippen LogP contribution in [0, 0.1) is 0 Å². The highest BCUT2D eigenvalue weighted by Crippen LogP contribution is 2.23. The predicted molar refractivity (Wildman–Crippen MR) is 70.3 cm³/mol. The maximum atomic E-state index is 11.9. The van der Waals surface area contributed by atoms with Gasteiger partial charge in [-0.15, -0.1) is 0 Å². The van der Waals surface area contributed by atoms with Gasteiger partial charge in [-0.3, -0.25) is 9.48 Å². The maximum Gasteiger partial charge on any atom is 0.255 e. The molecule has 0 saturated heterocycles. The van der Waals surface area contributed by atoms with Crippen LogP contribution in [0.5, 0.6) is 0 Å². The molecule has 4 nitrogen and oxygen atoms in total. The van der Waals surface area contributed by atoms with E-state index < -0.39 is 0 Å². The van der Waals surface area contributed by atoms with Crippen molar-refractivity contribution >= 4 is 39.1 Å². The lowest BCUT2D eigenvalue weighted by Crippen LogP contribution is -2.11. The highest BCUT2D eigenvalue weighted by atomic mass is 79.9. The second-order valence-corrected chi connectivity index (χ2v) is 4.75. The normalized spacial score (nSPS) is 10.3. The summed E-state index contributed by atoms with van der Waals surface area (Å²) in [5.74, 6) is -0.199.